The molecule has 0 aromatic carbocycles. The molecule has 1 aromatic rings. The van der Waals surface area contributed by atoms with Crippen LogP contribution in [0.25, 0.3) is 0 Å². The summed E-state index contributed by atoms with van der Waals surface area (Å²) >= 11 is 0. The number of pyridine rings is 1. The van der Waals surface area contributed by atoms with E-state index >= 15 is 0 Å². The lowest BCUT2D eigenvalue weighted by Gasteiger charge is -2.17. The number of nitrogens with zero attached hydrogens (tertiary/aromatic N) is 1. The van der Waals surface area contributed by atoms with Gasteiger partial charge in [-0.05, 0) is 12.0 Å². The smallest absolute Gasteiger partial charge is 0.241 e. The zero-order chi connectivity index (χ0) is 12.1. The average Bonchev–Trinajstić information content (AvgIpc) is 2.30. The van der Waals surface area contributed by atoms with Crippen LogP contribution in [0.2, 0.25) is 0 Å². The monoisotopic (exact) mass is 225 g/mol. The Kier molecular flexibility index (Phi) is 4.37. The van der Waals surface area contributed by atoms with Crippen LogP contribution in [-0.2, 0) is 4.79 Å². The molecule has 1 heterocycles. The van der Waals surface area contributed by atoms with E-state index in [1.54, 1.807) is 0 Å². The van der Waals surface area contributed by atoms with Crippen molar-refractivity contribution in [2.45, 2.75) is 26.3 Å². The Hall–Kier alpha value is -1.49. The van der Waals surface area contributed by atoms with E-state index in [1.165, 1.54) is 12.3 Å². The molecular formula is C11H16FN3O. The molecule has 0 aliphatic rings. The molecule has 0 spiro atoms. The first-order valence-corrected chi connectivity index (χ1v) is 5.22. The summed E-state index contributed by atoms with van der Waals surface area (Å²) < 4.78 is 13.2. The predicted molar refractivity (Wildman–Crippen MR) is 60.3 cm³/mol. The zero-order valence-electron chi connectivity index (χ0n) is 9.40. The minimum Gasteiger partial charge on any atom is -0.322 e. The quantitative estimate of drug-likeness (QED) is 0.816. The second kappa shape index (κ2) is 5.55. The number of nitrogens with one attached hydrogen (secondary N) is 1. The van der Waals surface area contributed by atoms with E-state index < -0.39 is 11.9 Å². The molecule has 1 rings (SSSR count). The summed E-state index contributed by atoms with van der Waals surface area (Å²) in [6, 6.07) is 0.772. The molecule has 0 unspecified atom stereocenters. The highest BCUT2D eigenvalue weighted by molar-refractivity contribution is 5.94. The summed E-state index contributed by atoms with van der Waals surface area (Å²) in [5, 5.41) is 2.45. The topological polar surface area (TPSA) is 68.0 Å². The van der Waals surface area contributed by atoms with Gasteiger partial charge in [0.15, 0.2) is 5.82 Å². The predicted octanol–water partition coefficient (Wildman–Crippen LogP) is 1.53. The number of hydrogen-bond acceptors (Lipinski definition) is 3. The Bertz CT molecular complexity index is 370. The molecule has 0 aliphatic heterocycles. The van der Waals surface area contributed by atoms with Gasteiger partial charge in [0, 0.05) is 6.20 Å². The molecule has 0 radical (unpaired) electrons. The van der Waals surface area contributed by atoms with Crippen molar-refractivity contribution in [2.24, 2.45) is 11.7 Å². The first-order chi connectivity index (χ1) is 7.56. The maximum Gasteiger partial charge on any atom is 0.241 e. The van der Waals surface area contributed by atoms with Crippen molar-refractivity contribution >= 4 is 11.6 Å². The maximum absolute atomic E-state index is 13.2. The molecule has 88 valence electrons. The van der Waals surface area contributed by atoms with Crippen molar-refractivity contribution in [3.05, 3.63) is 24.3 Å². The van der Waals surface area contributed by atoms with Crippen LogP contribution in [0.3, 0.4) is 0 Å². The SMILES string of the molecule is CC[C@H](C)[C@H](N)C(=O)Nc1ccncc1F. The van der Waals surface area contributed by atoms with Crippen LogP contribution in [-0.4, -0.2) is 16.9 Å². The number of anilines is 1. The van der Waals surface area contributed by atoms with Gasteiger partial charge in [-0.25, -0.2) is 4.39 Å². The van der Waals surface area contributed by atoms with Crippen LogP contribution in [0.5, 0.6) is 0 Å². The first-order valence-electron chi connectivity index (χ1n) is 5.22. The minimum absolute atomic E-state index is 0.0601. The molecule has 0 fully saturated rings. The number of carbonyl (C=O) groups is 1. The van der Waals surface area contributed by atoms with Crippen LogP contribution in [0, 0.1) is 11.7 Å². The molecule has 0 bridgehead atoms. The molecule has 0 aliphatic carbocycles. The van der Waals surface area contributed by atoms with Gasteiger partial charge < -0.3 is 11.1 Å². The second-order valence-electron chi connectivity index (χ2n) is 3.76. The van der Waals surface area contributed by atoms with E-state index in [-0.39, 0.29) is 17.5 Å². The summed E-state index contributed by atoms with van der Waals surface area (Å²) in [7, 11) is 0. The lowest BCUT2D eigenvalue weighted by molar-refractivity contribution is -0.118. The number of aromatic nitrogens is 1. The molecule has 3 N–H and O–H groups in total. The van der Waals surface area contributed by atoms with E-state index in [1.807, 2.05) is 13.8 Å². The van der Waals surface area contributed by atoms with E-state index in [2.05, 4.69) is 10.3 Å². The van der Waals surface area contributed by atoms with Crippen LogP contribution < -0.4 is 11.1 Å². The van der Waals surface area contributed by atoms with E-state index in [0.29, 0.717) is 0 Å². The van der Waals surface area contributed by atoms with Gasteiger partial charge in [-0.1, -0.05) is 20.3 Å². The fourth-order valence-corrected chi connectivity index (χ4v) is 1.20. The number of halogens is 1. The minimum atomic E-state index is -0.627. The third kappa shape index (κ3) is 3.00. The van der Waals surface area contributed by atoms with Gasteiger partial charge in [-0.15, -0.1) is 0 Å². The first kappa shape index (κ1) is 12.6. The Labute approximate surface area is 94.1 Å². The van der Waals surface area contributed by atoms with Gasteiger partial charge in [-0.2, -0.15) is 0 Å². The summed E-state index contributed by atoms with van der Waals surface area (Å²) in [6.45, 7) is 3.83. The third-order valence-corrected chi connectivity index (χ3v) is 2.59. The van der Waals surface area contributed by atoms with Crippen molar-refractivity contribution in [3.8, 4) is 0 Å². The second-order valence-corrected chi connectivity index (χ2v) is 3.76. The molecule has 1 aromatic heterocycles. The van der Waals surface area contributed by atoms with Crippen LogP contribution in [0.1, 0.15) is 20.3 Å². The molecule has 5 heteroatoms. The highest BCUT2D eigenvalue weighted by Gasteiger charge is 2.20. The zero-order valence-corrected chi connectivity index (χ0v) is 9.40. The molecular weight excluding hydrogens is 209 g/mol. The third-order valence-electron chi connectivity index (χ3n) is 2.59. The van der Waals surface area contributed by atoms with Gasteiger partial charge in [0.1, 0.15) is 0 Å². The summed E-state index contributed by atoms with van der Waals surface area (Å²) in [5.74, 6) is -0.878. The molecule has 0 saturated heterocycles. The average molecular weight is 225 g/mol. The van der Waals surface area contributed by atoms with E-state index in [0.717, 1.165) is 12.6 Å². The van der Waals surface area contributed by atoms with Crippen LogP contribution in [0.4, 0.5) is 10.1 Å². The number of rotatable bonds is 4. The fraction of sp³-hybridized carbons (Fsp3) is 0.455. The largest absolute Gasteiger partial charge is 0.322 e. The van der Waals surface area contributed by atoms with Gasteiger partial charge in [-0.3, -0.25) is 9.78 Å². The Morgan fingerprint density at radius 2 is 2.38 bits per heavy atom. The van der Waals surface area contributed by atoms with Crippen molar-refractivity contribution in [1.82, 2.24) is 4.98 Å². The summed E-state index contributed by atoms with van der Waals surface area (Å²) in [6.07, 6.45) is 3.26. The Morgan fingerprint density at radius 3 is 2.94 bits per heavy atom. The van der Waals surface area contributed by atoms with Gasteiger partial charge >= 0.3 is 0 Å². The van der Waals surface area contributed by atoms with Crippen LogP contribution >= 0.6 is 0 Å². The standard InChI is InChI=1S/C11H16FN3O/c1-3-7(2)10(13)11(16)15-9-4-5-14-6-8(9)12/h4-7,10H,3,13H2,1-2H3,(H,14,15,16)/t7-,10-/m0/s1. The highest BCUT2D eigenvalue weighted by atomic mass is 19.1. The maximum atomic E-state index is 13.2. The summed E-state index contributed by atoms with van der Waals surface area (Å²) in [4.78, 5) is 15.2. The molecule has 0 saturated carbocycles. The molecule has 16 heavy (non-hydrogen) atoms. The van der Waals surface area contributed by atoms with Gasteiger partial charge in [0.25, 0.3) is 0 Å². The van der Waals surface area contributed by atoms with Gasteiger partial charge in [0.05, 0.1) is 17.9 Å². The van der Waals surface area contributed by atoms with Crippen molar-refractivity contribution in [2.75, 3.05) is 5.32 Å². The number of hydrogen-bond donors (Lipinski definition) is 2. The fourth-order valence-electron chi connectivity index (χ4n) is 1.20. The van der Waals surface area contributed by atoms with Crippen molar-refractivity contribution < 1.29 is 9.18 Å². The van der Waals surface area contributed by atoms with Crippen molar-refractivity contribution in [1.29, 1.82) is 0 Å². The lowest BCUT2D eigenvalue weighted by Crippen LogP contribution is -2.40. The Morgan fingerprint density at radius 1 is 1.69 bits per heavy atom. The summed E-state index contributed by atoms with van der Waals surface area (Å²) in [5.41, 5.74) is 5.83. The van der Waals surface area contributed by atoms with E-state index in [9.17, 15) is 9.18 Å². The van der Waals surface area contributed by atoms with Gasteiger partial charge in [0.2, 0.25) is 5.91 Å². The number of amides is 1. The van der Waals surface area contributed by atoms with Crippen LogP contribution in [0.15, 0.2) is 18.5 Å². The molecule has 2 atom stereocenters. The molecule has 1 amide bonds. The highest BCUT2D eigenvalue weighted by Crippen LogP contribution is 2.13. The number of carbonyl (C=O) groups excluding carboxylic acids is 1. The van der Waals surface area contributed by atoms with Crippen molar-refractivity contribution in [3.63, 3.8) is 0 Å². The van der Waals surface area contributed by atoms with E-state index in [4.69, 9.17) is 5.73 Å². The normalized spacial score (nSPS) is 14.2. The Balaban J connectivity index is 2.68. The number of nitrogens with two attached hydrogens (primary N) is 1. The lowest BCUT2D eigenvalue weighted by atomic mass is 9.99. The molecule has 4 nitrogen and oxygen atoms in total.